The number of amides is 1. The van der Waals surface area contributed by atoms with E-state index in [1.165, 1.54) is 12.3 Å². The molecule has 0 aliphatic heterocycles. The van der Waals surface area contributed by atoms with Gasteiger partial charge in [-0.2, -0.15) is 0 Å². The molecule has 2 aromatic rings. The van der Waals surface area contributed by atoms with E-state index in [-0.39, 0.29) is 42.4 Å². The van der Waals surface area contributed by atoms with Gasteiger partial charge in [-0.3, -0.25) is 4.79 Å². The largest absolute Gasteiger partial charge is 0.458 e. The van der Waals surface area contributed by atoms with Gasteiger partial charge in [-0.05, 0) is 54.5 Å². The lowest BCUT2D eigenvalue weighted by Crippen LogP contribution is -2.56. The van der Waals surface area contributed by atoms with E-state index in [4.69, 9.17) is 9.47 Å². The first-order chi connectivity index (χ1) is 17.7. The van der Waals surface area contributed by atoms with Crippen molar-refractivity contribution in [1.29, 1.82) is 0 Å². The molecule has 1 unspecified atom stereocenters. The number of carbonyl (C=O) groups is 2. The van der Waals surface area contributed by atoms with Crippen LogP contribution >= 0.6 is 0 Å². The molecule has 2 aliphatic carbocycles. The predicted octanol–water partition coefficient (Wildman–Crippen LogP) is 5.29. The number of ether oxygens (including phenoxy) is 2. The van der Waals surface area contributed by atoms with E-state index in [1.54, 1.807) is 0 Å². The molecule has 0 spiro atoms. The van der Waals surface area contributed by atoms with Crippen molar-refractivity contribution in [2.24, 2.45) is 23.7 Å². The molecule has 0 aromatic heterocycles. The summed E-state index contributed by atoms with van der Waals surface area (Å²) in [6, 6.07) is 14.3. The van der Waals surface area contributed by atoms with Gasteiger partial charge in [-0.1, -0.05) is 56.3 Å². The number of esters is 1. The first-order valence-electron chi connectivity index (χ1n) is 13.4. The van der Waals surface area contributed by atoms with Gasteiger partial charge in [-0.15, -0.1) is 0 Å². The Morgan fingerprint density at radius 1 is 1.14 bits per heavy atom. The highest BCUT2D eigenvalue weighted by Crippen LogP contribution is 2.51. The van der Waals surface area contributed by atoms with E-state index in [9.17, 15) is 14.7 Å². The summed E-state index contributed by atoms with van der Waals surface area (Å²) in [5, 5.41) is 20.2. The molecule has 7 heteroatoms. The lowest BCUT2D eigenvalue weighted by Gasteiger charge is -2.52. The van der Waals surface area contributed by atoms with Crippen molar-refractivity contribution in [3.63, 3.8) is 0 Å². The Kier molecular flexibility index (Phi) is 8.42. The van der Waals surface area contributed by atoms with E-state index < -0.39 is 11.7 Å². The standard InChI is InChI=1S/C30H40N2O5/c1-19-16-26-24(13-12-21(3)30(26,35)17-28(19)37-22(4)33)20(2)18-36-29(34)32-15-14-31-27-11-7-9-23-8-5-6-10-25(23)27/h5-11,16,20-21,24,26,28,31,35H,12-15,17-18H2,1-4H3,(H,32,34)/t20?,21-,24-,26-,28-,30-/m1/s1. The fourth-order valence-corrected chi connectivity index (χ4v) is 6.12. The monoisotopic (exact) mass is 508 g/mol. The maximum Gasteiger partial charge on any atom is 0.407 e. The van der Waals surface area contributed by atoms with E-state index in [2.05, 4.69) is 48.8 Å². The third kappa shape index (κ3) is 6.09. The molecule has 6 atom stereocenters. The molecule has 0 bridgehead atoms. The maximum atomic E-state index is 12.4. The van der Waals surface area contributed by atoms with E-state index >= 15 is 0 Å². The van der Waals surface area contributed by atoms with Crippen LogP contribution < -0.4 is 10.6 Å². The fourth-order valence-electron chi connectivity index (χ4n) is 6.12. The van der Waals surface area contributed by atoms with Crippen LogP contribution in [0.2, 0.25) is 0 Å². The zero-order valence-electron chi connectivity index (χ0n) is 22.3. The number of fused-ring (bicyclic) bond motifs is 2. The molecule has 2 aromatic carbocycles. The Bertz CT molecular complexity index is 1140. The molecule has 1 amide bonds. The zero-order valence-corrected chi connectivity index (χ0v) is 22.3. The Morgan fingerprint density at radius 3 is 2.68 bits per heavy atom. The second-order valence-corrected chi connectivity index (χ2v) is 10.8. The van der Waals surface area contributed by atoms with Crippen molar-refractivity contribution in [3.05, 3.63) is 54.1 Å². The highest BCUT2D eigenvalue weighted by atomic mass is 16.5. The molecule has 37 heavy (non-hydrogen) atoms. The van der Waals surface area contributed by atoms with Gasteiger partial charge in [-0.25, -0.2) is 4.79 Å². The van der Waals surface area contributed by atoms with Crippen LogP contribution in [-0.4, -0.2) is 48.6 Å². The summed E-state index contributed by atoms with van der Waals surface area (Å²) in [6.45, 7) is 8.84. The van der Waals surface area contributed by atoms with E-state index in [0.717, 1.165) is 29.5 Å². The minimum atomic E-state index is -0.938. The number of nitrogens with one attached hydrogen (secondary N) is 2. The van der Waals surface area contributed by atoms with Gasteiger partial charge in [0.1, 0.15) is 6.10 Å². The maximum absolute atomic E-state index is 12.4. The van der Waals surface area contributed by atoms with Crippen LogP contribution in [0.15, 0.2) is 54.1 Å². The molecule has 3 N–H and O–H groups in total. The van der Waals surface area contributed by atoms with Crippen LogP contribution in [0.3, 0.4) is 0 Å². The molecule has 2 aliphatic rings. The number of benzene rings is 2. The van der Waals surface area contributed by atoms with Gasteiger partial charge in [0.15, 0.2) is 0 Å². The molecule has 0 saturated heterocycles. The van der Waals surface area contributed by atoms with Gasteiger partial charge in [0.05, 0.1) is 12.2 Å². The Hall–Kier alpha value is -3.06. The smallest absolute Gasteiger partial charge is 0.407 e. The lowest BCUT2D eigenvalue weighted by molar-refractivity contribution is -0.159. The van der Waals surface area contributed by atoms with Crippen LogP contribution in [-0.2, 0) is 14.3 Å². The first kappa shape index (κ1) is 27.0. The van der Waals surface area contributed by atoms with Gasteiger partial charge in [0.2, 0.25) is 0 Å². The summed E-state index contributed by atoms with van der Waals surface area (Å²) < 4.78 is 11.1. The summed E-state index contributed by atoms with van der Waals surface area (Å²) in [6.07, 6.45) is 3.52. The van der Waals surface area contributed by atoms with Crippen molar-refractivity contribution < 1.29 is 24.2 Å². The predicted molar refractivity (Wildman–Crippen MR) is 145 cm³/mol. The quantitative estimate of drug-likeness (QED) is 0.255. The fraction of sp³-hybridized carbons (Fsp3) is 0.533. The van der Waals surface area contributed by atoms with Crippen molar-refractivity contribution in [3.8, 4) is 0 Å². The SMILES string of the molecule is CC(=O)O[C@@H]1C[C@@]2(O)[C@H](C)CC[C@H](C(C)COC(=O)NCCNc3cccc4ccccc34)[C@H]2C=C1C. The first-order valence-corrected chi connectivity index (χ1v) is 13.4. The zero-order chi connectivity index (χ0) is 26.6. The van der Waals surface area contributed by atoms with Gasteiger partial charge in [0, 0.05) is 43.4 Å². The molecule has 1 saturated carbocycles. The number of alkyl carbamates (subject to hydrolysis) is 1. The number of anilines is 1. The molecular weight excluding hydrogens is 468 g/mol. The van der Waals surface area contributed by atoms with Crippen molar-refractivity contribution >= 4 is 28.5 Å². The second kappa shape index (κ2) is 11.5. The summed E-state index contributed by atoms with van der Waals surface area (Å²) in [4.78, 5) is 23.9. The number of carbonyl (C=O) groups excluding carboxylic acids is 2. The number of hydrogen-bond acceptors (Lipinski definition) is 6. The van der Waals surface area contributed by atoms with Crippen LogP contribution in [0.4, 0.5) is 10.5 Å². The minimum absolute atomic E-state index is 0.0605. The third-order valence-electron chi connectivity index (χ3n) is 8.30. The number of hydrogen-bond donors (Lipinski definition) is 3. The summed E-state index contributed by atoms with van der Waals surface area (Å²) in [5.74, 6) is -0.0375. The molecule has 4 rings (SSSR count). The summed E-state index contributed by atoms with van der Waals surface area (Å²) in [7, 11) is 0. The normalized spacial score (nSPS) is 28.0. The Labute approximate surface area is 219 Å². The third-order valence-corrected chi connectivity index (χ3v) is 8.30. The van der Waals surface area contributed by atoms with Gasteiger partial charge < -0.3 is 25.2 Å². The molecule has 7 nitrogen and oxygen atoms in total. The highest BCUT2D eigenvalue weighted by Gasteiger charge is 2.52. The molecule has 0 radical (unpaired) electrons. The molecule has 200 valence electrons. The van der Waals surface area contributed by atoms with Gasteiger partial charge in [0.25, 0.3) is 0 Å². The lowest BCUT2D eigenvalue weighted by atomic mass is 9.57. The number of aliphatic hydroxyl groups is 1. The van der Waals surface area contributed by atoms with Crippen LogP contribution in [0, 0.1) is 23.7 Å². The summed E-state index contributed by atoms with van der Waals surface area (Å²) in [5.41, 5.74) is 1.08. The van der Waals surface area contributed by atoms with Crippen LogP contribution in [0.25, 0.3) is 10.8 Å². The molecule has 0 heterocycles. The molecule has 1 fully saturated rings. The summed E-state index contributed by atoms with van der Waals surface area (Å²) >= 11 is 0. The van der Waals surface area contributed by atoms with E-state index in [0.29, 0.717) is 19.5 Å². The Balaban J connectivity index is 1.27. The topological polar surface area (TPSA) is 96.9 Å². The molecular formula is C30H40N2O5. The van der Waals surface area contributed by atoms with Crippen molar-refractivity contribution in [2.75, 3.05) is 25.0 Å². The van der Waals surface area contributed by atoms with E-state index in [1.807, 2.05) is 31.2 Å². The van der Waals surface area contributed by atoms with Crippen molar-refractivity contribution in [2.45, 2.75) is 58.7 Å². The van der Waals surface area contributed by atoms with Crippen LogP contribution in [0.1, 0.15) is 47.0 Å². The van der Waals surface area contributed by atoms with Gasteiger partial charge >= 0.3 is 12.1 Å². The highest BCUT2D eigenvalue weighted by molar-refractivity contribution is 5.93. The average molecular weight is 509 g/mol. The van der Waals surface area contributed by atoms with Crippen molar-refractivity contribution in [1.82, 2.24) is 5.32 Å². The second-order valence-electron chi connectivity index (χ2n) is 10.8. The minimum Gasteiger partial charge on any atom is -0.458 e. The Morgan fingerprint density at radius 2 is 1.89 bits per heavy atom. The average Bonchev–Trinajstić information content (AvgIpc) is 2.87. The number of rotatable bonds is 8. The van der Waals surface area contributed by atoms with Crippen LogP contribution in [0.5, 0.6) is 0 Å².